The Morgan fingerprint density at radius 2 is 1.95 bits per heavy atom. The lowest BCUT2D eigenvalue weighted by atomic mass is 10.0. The number of halogens is 1. The summed E-state index contributed by atoms with van der Waals surface area (Å²) >= 11 is 3.50. The number of methoxy groups -OCH3 is 1. The SMILES string of the molecule is COc1ccc(/C=C/C(O)c2ccccc2C)c(Br)c1. The quantitative estimate of drug-likeness (QED) is 0.892. The first kappa shape index (κ1) is 14.8. The number of rotatable bonds is 4. The number of aliphatic hydroxyl groups excluding tert-OH is 1. The van der Waals surface area contributed by atoms with Crippen molar-refractivity contribution in [2.45, 2.75) is 13.0 Å². The van der Waals surface area contributed by atoms with E-state index in [0.29, 0.717) is 0 Å². The number of aryl methyl sites for hydroxylation is 1. The third kappa shape index (κ3) is 3.50. The van der Waals surface area contributed by atoms with E-state index in [2.05, 4.69) is 15.9 Å². The van der Waals surface area contributed by atoms with Gasteiger partial charge in [0.2, 0.25) is 0 Å². The second-order valence-electron chi connectivity index (χ2n) is 4.55. The molecule has 104 valence electrons. The van der Waals surface area contributed by atoms with E-state index in [4.69, 9.17) is 4.74 Å². The maximum atomic E-state index is 10.2. The molecule has 0 saturated carbocycles. The van der Waals surface area contributed by atoms with Crippen LogP contribution in [0.25, 0.3) is 6.08 Å². The zero-order valence-electron chi connectivity index (χ0n) is 11.5. The van der Waals surface area contributed by atoms with Crippen LogP contribution < -0.4 is 4.74 Å². The summed E-state index contributed by atoms with van der Waals surface area (Å²) in [5.41, 5.74) is 3.00. The molecule has 1 atom stereocenters. The Morgan fingerprint density at radius 1 is 1.20 bits per heavy atom. The molecule has 0 bridgehead atoms. The monoisotopic (exact) mass is 332 g/mol. The van der Waals surface area contributed by atoms with Gasteiger partial charge in [-0.25, -0.2) is 0 Å². The van der Waals surface area contributed by atoms with Crippen LogP contribution in [0, 0.1) is 6.92 Å². The molecule has 0 spiro atoms. The van der Waals surface area contributed by atoms with Crippen molar-refractivity contribution in [3.05, 3.63) is 69.7 Å². The zero-order valence-corrected chi connectivity index (χ0v) is 13.1. The standard InChI is InChI=1S/C17H17BrO2/c1-12-5-3-4-6-15(12)17(19)10-8-13-7-9-14(20-2)11-16(13)18/h3-11,17,19H,1-2H3/b10-8+. The molecule has 0 fully saturated rings. The molecule has 2 aromatic rings. The van der Waals surface area contributed by atoms with Crippen molar-refractivity contribution < 1.29 is 9.84 Å². The lowest BCUT2D eigenvalue weighted by molar-refractivity contribution is 0.229. The zero-order chi connectivity index (χ0) is 14.5. The fourth-order valence-electron chi connectivity index (χ4n) is 1.99. The minimum atomic E-state index is -0.606. The van der Waals surface area contributed by atoms with Gasteiger partial charge in [0, 0.05) is 4.47 Å². The second-order valence-corrected chi connectivity index (χ2v) is 5.40. The Bertz CT molecular complexity index is 620. The topological polar surface area (TPSA) is 29.5 Å². The van der Waals surface area contributed by atoms with Crippen molar-refractivity contribution in [3.63, 3.8) is 0 Å². The summed E-state index contributed by atoms with van der Waals surface area (Å²) in [4.78, 5) is 0. The first-order valence-electron chi connectivity index (χ1n) is 6.37. The van der Waals surface area contributed by atoms with Crippen molar-refractivity contribution in [1.82, 2.24) is 0 Å². The van der Waals surface area contributed by atoms with E-state index in [1.807, 2.05) is 55.5 Å². The molecule has 3 heteroatoms. The van der Waals surface area contributed by atoms with Gasteiger partial charge in [-0.05, 0) is 35.7 Å². The number of hydrogen-bond acceptors (Lipinski definition) is 2. The van der Waals surface area contributed by atoms with Crippen molar-refractivity contribution in [2.75, 3.05) is 7.11 Å². The number of ether oxygens (including phenoxy) is 1. The predicted octanol–water partition coefficient (Wildman–Crippen LogP) is 4.51. The lowest BCUT2D eigenvalue weighted by Crippen LogP contribution is -1.95. The Balaban J connectivity index is 2.19. The van der Waals surface area contributed by atoms with Crippen LogP contribution in [0.3, 0.4) is 0 Å². The van der Waals surface area contributed by atoms with E-state index < -0.39 is 6.10 Å². The molecule has 1 unspecified atom stereocenters. The van der Waals surface area contributed by atoms with Crippen molar-refractivity contribution in [2.24, 2.45) is 0 Å². The molecule has 0 heterocycles. The molecular weight excluding hydrogens is 316 g/mol. The summed E-state index contributed by atoms with van der Waals surface area (Å²) in [6.07, 6.45) is 3.08. The highest BCUT2D eigenvalue weighted by atomic mass is 79.9. The Hall–Kier alpha value is -1.58. The van der Waals surface area contributed by atoms with Crippen molar-refractivity contribution >= 4 is 22.0 Å². The molecule has 2 nitrogen and oxygen atoms in total. The van der Waals surface area contributed by atoms with Crippen LogP contribution in [0.4, 0.5) is 0 Å². The van der Waals surface area contributed by atoms with E-state index in [1.165, 1.54) is 0 Å². The molecule has 0 aliphatic carbocycles. The van der Waals surface area contributed by atoms with Gasteiger partial charge in [0.1, 0.15) is 5.75 Å². The Labute approximate surface area is 127 Å². The van der Waals surface area contributed by atoms with Crippen molar-refractivity contribution in [1.29, 1.82) is 0 Å². The fraction of sp³-hybridized carbons (Fsp3) is 0.176. The largest absolute Gasteiger partial charge is 0.497 e. The molecule has 1 N–H and O–H groups in total. The molecule has 0 aliphatic rings. The average molecular weight is 333 g/mol. The fourth-order valence-corrected chi connectivity index (χ4v) is 2.48. The summed E-state index contributed by atoms with van der Waals surface area (Å²) in [6, 6.07) is 13.6. The van der Waals surface area contributed by atoms with E-state index in [0.717, 1.165) is 26.9 Å². The normalized spacial score (nSPS) is 12.6. The third-order valence-electron chi connectivity index (χ3n) is 3.17. The Kier molecular flexibility index (Phi) is 4.99. The van der Waals surface area contributed by atoms with Crippen LogP contribution in [-0.4, -0.2) is 12.2 Å². The minimum absolute atomic E-state index is 0.606. The van der Waals surface area contributed by atoms with Gasteiger partial charge in [0.05, 0.1) is 13.2 Å². The van der Waals surface area contributed by atoms with Crippen LogP contribution in [0.5, 0.6) is 5.75 Å². The summed E-state index contributed by atoms with van der Waals surface area (Å²) in [6.45, 7) is 2.00. The van der Waals surface area contributed by atoms with Crippen LogP contribution in [-0.2, 0) is 0 Å². The molecule has 20 heavy (non-hydrogen) atoms. The summed E-state index contributed by atoms with van der Waals surface area (Å²) < 4.78 is 6.09. The first-order valence-corrected chi connectivity index (χ1v) is 7.16. The van der Waals surface area contributed by atoms with Gasteiger partial charge in [-0.1, -0.05) is 58.4 Å². The highest BCUT2D eigenvalue weighted by Gasteiger charge is 2.06. The molecule has 2 rings (SSSR count). The summed E-state index contributed by atoms with van der Waals surface area (Å²) in [5, 5.41) is 10.2. The van der Waals surface area contributed by atoms with Gasteiger partial charge < -0.3 is 9.84 Å². The smallest absolute Gasteiger partial charge is 0.120 e. The maximum Gasteiger partial charge on any atom is 0.120 e. The van der Waals surface area contributed by atoms with Crippen LogP contribution in [0.1, 0.15) is 22.8 Å². The average Bonchev–Trinajstić information content (AvgIpc) is 2.46. The molecular formula is C17H17BrO2. The molecule has 0 amide bonds. The van der Waals surface area contributed by atoms with E-state index >= 15 is 0 Å². The highest BCUT2D eigenvalue weighted by molar-refractivity contribution is 9.10. The minimum Gasteiger partial charge on any atom is -0.497 e. The number of hydrogen-bond donors (Lipinski definition) is 1. The van der Waals surface area contributed by atoms with Gasteiger partial charge in [-0.2, -0.15) is 0 Å². The van der Waals surface area contributed by atoms with Crippen LogP contribution in [0.2, 0.25) is 0 Å². The van der Waals surface area contributed by atoms with Gasteiger partial charge in [0.15, 0.2) is 0 Å². The van der Waals surface area contributed by atoms with Crippen molar-refractivity contribution in [3.8, 4) is 5.75 Å². The van der Waals surface area contributed by atoms with Gasteiger partial charge in [0.25, 0.3) is 0 Å². The number of benzene rings is 2. The molecule has 0 aromatic heterocycles. The van der Waals surface area contributed by atoms with Crippen LogP contribution in [0.15, 0.2) is 53.0 Å². The van der Waals surface area contributed by atoms with Crippen LogP contribution >= 0.6 is 15.9 Å². The molecule has 0 aliphatic heterocycles. The Morgan fingerprint density at radius 3 is 2.60 bits per heavy atom. The highest BCUT2D eigenvalue weighted by Crippen LogP contribution is 2.25. The second kappa shape index (κ2) is 6.73. The lowest BCUT2D eigenvalue weighted by Gasteiger charge is -2.09. The maximum absolute atomic E-state index is 10.2. The third-order valence-corrected chi connectivity index (χ3v) is 3.86. The van der Waals surface area contributed by atoms with E-state index in [1.54, 1.807) is 13.2 Å². The number of aliphatic hydroxyl groups is 1. The predicted molar refractivity (Wildman–Crippen MR) is 85.9 cm³/mol. The summed E-state index contributed by atoms with van der Waals surface area (Å²) in [7, 11) is 1.64. The summed E-state index contributed by atoms with van der Waals surface area (Å²) in [5.74, 6) is 0.800. The van der Waals surface area contributed by atoms with Gasteiger partial charge in [-0.15, -0.1) is 0 Å². The van der Waals surface area contributed by atoms with E-state index in [9.17, 15) is 5.11 Å². The van der Waals surface area contributed by atoms with Gasteiger partial charge in [-0.3, -0.25) is 0 Å². The van der Waals surface area contributed by atoms with E-state index in [-0.39, 0.29) is 0 Å². The molecule has 0 saturated heterocycles. The molecule has 2 aromatic carbocycles. The van der Waals surface area contributed by atoms with Gasteiger partial charge >= 0.3 is 0 Å². The first-order chi connectivity index (χ1) is 9.61. The molecule has 0 radical (unpaired) electrons.